The fourth-order valence-corrected chi connectivity index (χ4v) is 2.17. The van der Waals surface area contributed by atoms with Crippen LogP contribution in [0.15, 0.2) is 0 Å². The summed E-state index contributed by atoms with van der Waals surface area (Å²) in [7, 11) is 0. The number of hydrogen-bond donors (Lipinski definition) is 1. The zero-order chi connectivity index (χ0) is 9.80. The van der Waals surface area contributed by atoms with Crippen LogP contribution in [0, 0.1) is 0 Å². The van der Waals surface area contributed by atoms with Gasteiger partial charge in [-0.1, -0.05) is 6.92 Å². The molecule has 78 valence electrons. The molecule has 1 fully saturated rings. The van der Waals surface area contributed by atoms with E-state index in [1.165, 1.54) is 18.0 Å². The average Bonchev–Trinajstić information content (AvgIpc) is 2.67. The third-order valence-corrected chi connectivity index (χ3v) is 2.93. The van der Waals surface area contributed by atoms with Crippen LogP contribution in [0.4, 0.5) is 0 Å². The largest absolute Gasteiger partial charge is 0.464 e. The summed E-state index contributed by atoms with van der Waals surface area (Å²) < 4.78 is 9.91. The Labute approximate surface area is 87.9 Å². The van der Waals surface area contributed by atoms with E-state index in [2.05, 4.69) is 14.7 Å². The Morgan fingerprint density at radius 2 is 2.57 bits per heavy atom. The van der Waals surface area contributed by atoms with Crippen molar-refractivity contribution < 1.29 is 4.74 Å². The van der Waals surface area contributed by atoms with Crippen LogP contribution in [0.5, 0.6) is 5.19 Å². The zero-order valence-corrected chi connectivity index (χ0v) is 9.14. The highest BCUT2D eigenvalue weighted by atomic mass is 32.1. The number of ether oxygens (including phenoxy) is 1. The summed E-state index contributed by atoms with van der Waals surface area (Å²) in [6.07, 6.45) is 3.46. The Bertz CT molecular complexity index is 283. The van der Waals surface area contributed by atoms with Gasteiger partial charge in [0.05, 0.1) is 0 Å². The molecule has 0 spiro atoms. The maximum absolute atomic E-state index is 5.72. The highest BCUT2D eigenvalue weighted by Gasteiger charge is 2.16. The van der Waals surface area contributed by atoms with Gasteiger partial charge in [-0.25, -0.2) is 0 Å². The van der Waals surface area contributed by atoms with Gasteiger partial charge in [0.25, 0.3) is 5.19 Å². The number of nitrogens with zero attached hydrogens (tertiary/aromatic N) is 2. The molecule has 1 unspecified atom stereocenters. The van der Waals surface area contributed by atoms with Gasteiger partial charge < -0.3 is 10.1 Å². The molecule has 0 saturated carbocycles. The summed E-state index contributed by atoms with van der Waals surface area (Å²) in [6.45, 7) is 4.09. The second-order valence-corrected chi connectivity index (χ2v) is 4.13. The summed E-state index contributed by atoms with van der Waals surface area (Å²) in [6, 6.07) is 0. The first kappa shape index (κ1) is 9.86. The van der Waals surface area contributed by atoms with E-state index in [9.17, 15) is 0 Å². The van der Waals surface area contributed by atoms with Crippen LogP contribution in [-0.4, -0.2) is 28.6 Å². The predicted octanol–water partition coefficient (Wildman–Crippen LogP) is 1.23. The lowest BCUT2D eigenvalue weighted by Crippen LogP contribution is -2.37. The molecule has 1 aliphatic rings. The van der Waals surface area contributed by atoms with Crippen LogP contribution in [0.1, 0.15) is 25.6 Å². The minimum absolute atomic E-state index is 0.279. The summed E-state index contributed by atoms with van der Waals surface area (Å²) in [5.41, 5.74) is 0. The van der Waals surface area contributed by atoms with Crippen LogP contribution in [0.3, 0.4) is 0 Å². The van der Waals surface area contributed by atoms with E-state index in [-0.39, 0.29) is 6.10 Å². The normalized spacial score (nSPS) is 22.2. The Hall–Kier alpha value is -0.680. The highest BCUT2D eigenvalue weighted by molar-refractivity contribution is 7.07. The van der Waals surface area contributed by atoms with Crippen LogP contribution in [0.2, 0.25) is 0 Å². The maximum Gasteiger partial charge on any atom is 0.293 e. The molecule has 0 amide bonds. The molecule has 0 radical (unpaired) electrons. The van der Waals surface area contributed by atoms with E-state index >= 15 is 0 Å². The van der Waals surface area contributed by atoms with Gasteiger partial charge in [-0.15, -0.1) is 0 Å². The Morgan fingerprint density at radius 1 is 1.64 bits per heavy atom. The predicted molar refractivity (Wildman–Crippen MR) is 55.8 cm³/mol. The van der Waals surface area contributed by atoms with Crippen molar-refractivity contribution >= 4 is 11.5 Å². The molecule has 1 aromatic rings. The number of piperidine rings is 1. The van der Waals surface area contributed by atoms with E-state index in [0.717, 1.165) is 36.9 Å². The SMILES string of the molecule is CCc1nsc(OC2CCCNC2)n1. The van der Waals surface area contributed by atoms with Crippen molar-refractivity contribution in [1.82, 2.24) is 14.7 Å². The third-order valence-electron chi connectivity index (χ3n) is 2.28. The summed E-state index contributed by atoms with van der Waals surface area (Å²) in [5.74, 6) is 0.883. The van der Waals surface area contributed by atoms with Crippen LogP contribution < -0.4 is 10.1 Å². The van der Waals surface area contributed by atoms with Gasteiger partial charge in [-0.3, -0.25) is 0 Å². The number of rotatable bonds is 3. The number of hydrogen-bond acceptors (Lipinski definition) is 5. The van der Waals surface area contributed by atoms with Crippen molar-refractivity contribution in [3.63, 3.8) is 0 Å². The highest BCUT2D eigenvalue weighted by Crippen LogP contribution is 2.18. The zero-order valence-electron chi connectivity index (χ0n) is 8.32. The monoisotopic (exact) mass is 213 g/mol. The van der Waals surface area contributed by atoms with Gasteiger partial charge in [0.1, 0.15) is 11.9 Å². The molecule has 0 aromatic carbocycles. The van der Waals surface area contributed by atoms with Crippen molar-refractivity contribution in [2.45, 2.75) is 32.3 Å². The molecule has 1 aromatic heterocycles. The molecular weight excluding hydrogens is 198 g/mol. The maximum atomic E-state index is 5.72. The van der Waals surface area contributed by atoms with Gasteiger partial charge in [-0.2, -0.15) is 9.36 Å². The molecule has 5 heteroatoms. The van der Waals surface area contributed by atoms with Gasteiger partial charge in [0.2, 0.25) is 0 Å². The third kappa shape index (κ3) is 2.42. The van der Waals surface area contributed by atoms with Gasteiger partial charge >= 0.3 is 0 Å². The van der Waals surface area contributed by atoms with Crippen molar-refractivity contribution in [3.8, 4) is 5.19 Å². The fourth-order valence-electron chi connectivity index (χ4n) is 1.49. The Kier molecular flexibility index (Phi) is 3.31. The molecule has 2 heterocycles. The first-order valence-electron chi connectivity index (χ1n) is 5.08. The molecule has 14 heavy (non-hydrogen) atoms. The lowest BCUT2D eigenvalue weighted by molar-refractivity contribution is 0.166. The van der Waals surface area contributed by atoms with Gasteiger partial charge in [-0.05, 0) is 19.4 Å². The number of aromatic nitrogens is 2. The van der Waals surface area contributed by atoms with E-state index in [0.29, 0.717) is 0 Å². The van der Waals surface area contributed by atoms with Gasteiger partial charge in [0.15, 0.2) is 0 Å². The summed E-state index contributed by atoms with van der Waals surface area (Å²) >= 11 is 1.36. The molecular formula is C9H15N3OS. The van der Waals surface area contributed by atoms with Crippen molar-refractivity contribution in [1.29, 1.82) is 0 Å². The van der Waals surface area contributed by atoms with Crippen molar-refractivity contribution in [2.75, 3.05) is 13.1 Å². The summed E-state index contributed by atoms with van der Waals surface area (Å²) in [4.78, 5) is 4.28. The van der Waals surface area contributed by atoms with E-state index in [4.69, 9.17) is 4.74 Å². The fraction of sp³-hybridized carbons (Fsp3) is 0.778. The topological polar surface area (TPSA) is 47.0 Å². The minimum Gasteiger partial charge on any atom is -0.464 e. The first-order valence-corrected chi connectivity index (χ1v) is 5.86. The molecule has 1 atom stereocenters. The van der Waals surface area contributed by atoms with Crippen molar-refractivity contribution in [3.05, 3.63) is 5.82 Å². The standard InChI is InChI=1S/C9H15N3OS/c1-2-8-11-9(14-12-8)13-7-4-3-5-10-6-7/h7,10H,2-6H2,1H3. The Balaban J connectivity index is 1.89. The lowest BCUT2D eigenvalue weighted by Gasteiger charge is -2.22. The van der Waals surface area contributed by atoms with Crippen molar-refractivity contribution in [2.24, 2.45) is 0 Å². The molecule has 2 rings (SSSR count). The van der Waals surface area contributed by atoms with Gasteiger partial charge in [0, 0.05) is 24.5 Å². The molecule has 1 saturated heterocycles. The smallest absolute Gasteiger partial charge is 0.293 e. The molecule has 4 nitrogen and oxygen atoms in total. The van der Waals surface area contributed by atoms with Crippen LogP contribution in [-0.2, 0) is 6.42 Å². The molecule has 0 aliphatic carbocycles. The quantitative estimate of drug-likeness (QED) is 0.820. The van der Waals surface area contributed by atoms with Crippen LogP contribution in [0.25, 0.3) is 0 Å². The minimum atomic E-state index is 0.279. The molecule has 1 aliphatic heterocycles. The van der Waals surface area contributed by atoms with E-state index < -0.39 is 0 Å². The summed E-state index contributed by atoms with van der Waals surface area (Å²) in [5, 5.41) is 4.03. The lowest BCUT2D eigenvalue weighted by atomic mass is 10.1. The Morgan fingerprint density at radius 3 is 3.21 bits per heavy atom. The first-order chi connectivity index (χ1) is 6.88. The number of aryl methyl sites for hydroxylation is 1. The second kappa shape index (κ2) is 4.70. The molecule has 1 N–H and O–H groups in total. The average molecular weight is 213 g/mol. The molecule has 0 bridgehead atoms. The van der Waals surface area contributed by atoms with E-state index in [1.54, 1.807) is 0 Å². The number of nitrogens with one attached hydrogen (secondary N) is 1. The van der Waals surface area contributed by atoms with Crippen LogP contribution >= 0.6 is 11.5 Å². The second-order valence-electron chi connectivity index (χ2n) is 3.42. The van der Waals surface area contributed by atoms with E-state index in [1.807, 2.05) is 6.92 Å².